The molecule has 0 saturated carbocycles. The van der Waals surface area contributed by atoms with Crippen LogP contribution >= 0.6 is 15.9 Å². The maximum Gasteiger partial charge on any atom is 0.340 e. The molecule has 0 fully saturated rings. The fourth-order valence-electron chi connectivity index (χ4n) is 1.16. The Balaban J connectivity index is 2.41. The molecule has 0 aliphatic heterocycles. The number of carbonyl (C=O) groups is 1. The van der Waals surface area contributed by atoms with E-state index < -0.39 is 5.97 Å². The molecule has 88 valence electrons. The van der Waals surface area contributed by atoms with Gasteiger partial charge in [0.25, 0.3) is 0 Å². The van der Waals surface area contributed by atoms with Crippen LogP contribution < -0.4 is 4.74 Å². The average Bonchev–Trinajstić information content (AvgIpc) is 2.64. The number of ether oxygens (including phenoxy) is 1. The largest absolute Gasteiger partial charge is 0.478 e. The van der Waals surface area contributed by atoms with Crippen molar-refractivity contribution in [1.29, 1.82) is 0 Å². The molecular weight excluding hydrogens is 292 g/mol. The van der Waals surface area contributed by atoms with E-state index in [1.807, 2.05) is 0 Å². The van der Waals surface area contributed by atoms with Crippen molar-refractivity contribution in [3.63, 3.8) is 0 Å². The fraction of sp³-hybridized carbons (Fsp3) is 0.111. The predicted octanol–water partition coefficient (Wildman–Crippen LogP) is 1.46. The lowest BCUT2D eigenvalue weighted by Crippen LogP contribution is -2.02. The van der Waals surface area contributed by atoms with Gasteiger partial charge < -0.3 is 9.84 Å². The summed E-state index contributed by atoms with van der Waals surface area (Å²) in [6.45, 7) is 0. The van der Waals surface area contributed by atoms with E-state index in [0.29, 0.717) is 4.47 Å². The summed E-state index contributed by atoms with van der Waals surface area (Å²) in [4.78, 5) is 11.0. The average molecular weight is 299 g/mol. The molecule has 7 nitrogen and oxygen atoms in total. The van der Waals surface area contributed by atoms with Crippen molar-refractivity contribution in [2.24, 2.45) is 7.05 Å². The lowest BCUT2D eigenvalue weighted by atomic mass is 10.2. The first-order chi connectivity index (χ1) is 8.08. The summed E-state index contributed by atoms with van der Waals surface area (Å²) in [6.07, 6.45) is 0. The second-order valence-corrected chi connectivity index (χ2v) is 4.05. The van der Waals surface area contributed by atoms with E-state index in [1.165, 1.54) is 16.8 Å². The number of carboxylic acid groups (broad SMARTS) is 1. The maximum absolute atomic E-state index is 11.0. The number of benzene rings is 1. The van der Waals surface area contributed by atoms with Crippen molar-refractivity contribution in [1.82, 2.24) is 20.2 Å². The van der Waals surface area contributed by atoms with Crippen LogP contribution in [0.25, 0.3) is 0 Å². The van der Waals surface area contributed by atoms with Gasteiger partial charge in [-0.15, -0.1) is 0 Å². The molecule has 8 heteroatoms. The number of aromatic nitrogens is 4. The zero-order chi connectivity index (χ0) is 12.4. The first-order valence-corrected chi connectivity index (χ1v) is 5.30. The Bertz CT molecular complexity index is 569. The molecule has 0 aliphatic rings. The third kappa shape index (κ3) is 2.41. The van der Waals surface area contributed by atoms with E-state index in [0.717, 1.165) is 0 Å². The monoisotopic (exact) mass is 298 g/mol. The van der Waals surface area contributed by atoms with Gasteiger partial charge in [0, 0.05) is 11.5 Å². The van der Waals surface area contributed by atoms with Crippen molar-refractivity contribution in [3.8, 4) is 11.8 Å². The number of rotatable bonds is 3. The lowest BCUT2D eigenvalue weighted by molar-refractivity contribution is 0.0694. The molecule has 0 aliphatic carbocycles. The number of tetrazole rings is 1. The van der Waals surface area contributed by atoms with Gasteiger partial charge in [-0.05, 0) is 28.6 Å². The molecule has 1 aromatic heterocycles. The van der Waals surface area contributed by atoms with E-state index in [2.05, 4.69) is 31.5 Å². The van der Waals surface area contributed by atoms with Crippen molar-refractivity contribution >= 4 is 21.9 Å². The SMILES string of the molecule is Cn1nnnc1Oc1cc(Br)ccc1C(=O)O. The van der Waals surface area contributed by atoms with Crippen LogP contribution in [0, 0.1) is 0 Å². The van der Waals surface area contributed by atoms with Crippen LogP contribution in [0.3, 0.4) is 0 Å². The third-order valence-electron chi connectivity index (χ3n) is 1.96. The molecule has 17 heavy (non-hydrogen) atoms. The van der Waals surface area contributed by atoms with Crippen molar-refractivity contribution in [3.05, 3.63) is 28.2 Å². The molecule has 0 radical (unpaired) electrons. The summed E-state index contributed by atoms with van der Waals surface area (Å²) in [6, 6.07) is 4.71. The molecule has 2 aromatic rings. The predicted molar refractivity (Wildman–Crippen MR) is 60.0 cm³/mol. The van der Waals surface area contributed by atoms with Gasteiger partial charge in [-0.25, -0.2) is 4.79 Å². The molecule has 1 aromatic carbocycles. The highest BCUT2D eigenvalue weighted by molar-refractivity contribution is 9.10. The van der Waals surface area contributed by atoms with E-state index >= 15 is 0 Å². The quantitative estimate of drug-likeness (QED) is 0.922. The molecule has 1 N–H and O–H groups in total. The summed E-state index contributed by atoms with van der Waals surface area (Å²) < 4.78 is 7.34. The number of aromatic carboxylic acids is 1. The highest BCUT2D eigenvalue weighted by Gasteiger charge is 2.14. The molecule has 0 amide bonds. The van der Waals surface area contributed by atoms with Gasteiger partial charge >= 0.3 is 12.0 Å². The zero-order valence-corrected chi connectivity index (χ0v) is 10.2. The minimum Gasteiger partial charge on any atom is -0.478 e. The Hall–Kier alpha value is -1.96. The minimum absolute atomic E-state index is 0.0381. The highest BCUT2D eigenvalue weighted by atomic mass is 79.9. The van der Waals surface area contributed by atoms with Gasteiger partial charge in [0.05, 0.1) is 0 Å². The van der Waals surface area contributed by atoms with E-state index in [1.54, 1.807) is 13.1 Å². The van der Waals surface area contributed by atoms with Crippen molar-refractivity contribution < 1.29 is 14.6 Å². The Morgan fingerprint density at radius 3 is 2.88 bits per heavy atom. The maximum atomic E-state index is 11.0. The first-order valence-electron chi connectivity index (χ1n) is 4.51. The van der Waals surface area contributed by atoms with Crippen molar-refractivity contribution in [2.75, 3.05) is 0 Å². The van der Waals surface area contributed by atoms with Gasteiger partial charge in [0.15, 0.2) is 0 Å². The van der Waals surface area contributed by atoms with E-state index in [9.17, 15) is 4.79 Å². The molecule has 0 unspecified atom stereocenters. The van der Waals surface area contributed by atoms with Crippen LogP contribution in [0.15, 0.2) is 22.7 Å². The zero-order valence-electron chi connectivity index (χ0n) is 8.66. The van der Waals surface area contributed by atoms with Crippen LogP contribution in [-0.2, 0) is 7.05 Å². The second-order valence-electron chi connectivity index (χ2n) is 3.13. The number of hydrogen-bond donors (Lipinski definition) is 1. The Morgan fingerprint density at radius 1 is 1.53 bits per heavy atom. The topological polar surface area (TPSA) is 90.1 Å². The normalized spacial score (nSPS) is 10.2. The van der Waals surface area contributed by atoms with Crippen LogP contribution in [0.1, 0.15) is 10.4 Å². The molecule has 0 bridgehead atoms. The van der Waals surface area contributed by atoms with E-state index in [-0.39, 0.29) is 17.3 Å². The van der Waals surface area contributed by atoms with Gasteiger partial charge in [-0.3, -0.25) is 0 Å². The Kier molecular flexibility index (Phi) is 3.05. The number of halogens is 1. The summed E-state index contributed by atoms with van der Waals surface area (Å²) in [5.41, 5.74) is 0.0381. The Morgan fingerprint density at radius 2 is 2.29 bits per heavy atom. The lowest BCUT2D eigenvalue weighted by Gasteiger charge is -2.06. The van der Waals surface area contributed by atoms with Crippen molar-refractivity contribution in [2.45, 2.75) is 0 Å². The van der Waals surface area contributed by atoms with Crippen LogP contribution in [0.4, 0.5) is 0 Å². The number of hydrogen-bond acceptors (Lipinski definition) is 5. The van der Waals surface area contributed by atoms with Gasteiger partial charge in [0.1, 0.15) is 11.3 Å². The summed E-state index contributed by atoms with van der Waals surface area (Å²) in [7, 11) is 1.59. The number of aryl methyl sites for hydroxylation is 1. The van der Waals surface area contributed by atoms with E-state index in [4.69, 9.17) is 9.84 Å². The molecular formula is C9H7BrN4O3. The highest BCUT2D eigenvalue weighted by Crippen LogP contribution is 2.27. The standard InChI is InChI=1S/C9H7BrN4O3/c1-14-9(11-12-13-14)17-7-4-5(10)2-3-6(7)8(15)16/h2-4H,1H3,(H,15,16). The molecule has 2 rings (SSSR count). The molecule has 0 atom stereocenters. The van der Waals surface area contributed by atoms with Crippen LogP contribution in [0.2, 0.25) is 0 Å². The molecule has 1 heterocycles. The summed E-state index contributed by atoms with van der Waals surface area (Å²) >= 11 is 3.24. The summed E-state index contributed by atoms with van der Waals surface area (Å²) in [5, 5.41) is 19.6. The number of nitrogens with zero attached hydrogens (tertiary/aromatic N) is 4. The molecule has 0 saturated heterocycles. The van der Waals surface area contributed by atoms with Gasteiger partial charge in [0.2, 0.25) is 0 Å². The van der Waals surface area contributed by atoms with Gasteiger partial charge in [-0.1, -0.05) is 21.0 Å². The molecule has 0 spiro atoms. The van der Waals surface area contributed by atoms with Crippen LogP contribution in [0.5, 0.6) is 11.8 Å². The van der Waals surface area contributed by atoms with Crippen LogP contribution in [-0.4, -0.2) is 31.3 Å². The first kappa shape index (κ1) is 11.5. The van der Waals surface area contributed by atoms with Gasteiger partial charge in [-0.2, -0.15) is 4.68 Å². The second kappa shape index (κ2) is 4.50. The minimum atomic E-state index is -1.08. The fourth-order valence-corrected chi connectivity index (χ4v) is 1.50. The third-order valence-corrected chi connectivity index (χ3v) is 2.45. The summed E-state index contributed by atoms with van der Waals surface area (Å²) in [5.74, 6) is -0.910. The number of carboxylic acids is 1. The Labute approximate surface area is 104 Å². The smallest absolute Gasteiger partial charge is 0.340 e.